The second-order valence-corrected chi connectivity index (χ2v) is 7.28. The Kier molecular flexibility index (Phi) is 6.08. The summed E-state index contributed by atoms with van der Waals surface area (Å²) < 4.78 is 5.22. The third-order valence-electron chi connectivity index (χ3n) is 5.17. The molecule has 2 fully saturated rings. The van der Waals surface area contributed by atoms with Gasteiger partial charge in [-0.05, 0) is 38.3 Å². The average Bonchev–Trinajstić information content (AvgIpc) is 3.11. The minimum absolute atomic E-state index is 0.00709. The van der Waals surface area contributed by atoms with E-state index in [0.717, 1.165) is 38.0 Å². The third kappa shape index (κ3) is 4.52. The highest BCUT2D eigenvalue weighted by Crippen LogP contribution is 2.18. The van der Waals surface area contributed by atoms with E-state index in [1.165, 1.54) is 0 Å². The number of nitrogens with zero attached hydrogens (tertiary/aromatic N) is 3. The van der Waals surface area contributed by atoms with Crippen LogP contribution in [-0.2, 0) is 4.74 Å². The van der Waals surface area contributed by atoms with Crippen molar-refractivity contribution >= 4 is 11.9 Å². The number of piperidine rings is 1. The van der Waals surface area contributed by atoms with Gasteiger partial charge in [0.05, 0.1) is 12.2 Å². The predicted molar refractivity (Wildman–Crippen MR) is 98.0 cm³/mol. The topological polar surface area (TPSA) is 74.8 Å². The van der Waals surface area contributed by atoms with E-state index in [9.17, 15) is 9.59 Å². The molecule has 1 aromatic heterocycles. The maximum Gasteiger partial charge on any atom is 0.317 e. The Balaban J connectivity index is 1.50. The summed E-state index contributed by atoms with van der Waals surface area (Å²) in [6.07, 6.45) is 4.52. The van der Waals surface area contributed by atoms with E-state index in [1.807, 2.05) is 17.9 Å². The lowest BCUT2D eigenvalue weighted by molar-refractivity contribution is 0.0786. The fourth-order valence-corrected chi connectivity index (χ4v) is 3.73. The van der Waals surface area contributed by atoms with Crippen LogP contribution < -0.4 is 5.32 Å². The Morgan fingerprint density at radius 1 is 1.23 bits per heavy atom. The van der Waals surface area contributed by atoms with Crippen LogP contribution in [0.25, 0.3) is 0 Å². The quantitative estimate of drug-likeness (QED) is 0.886. The molecule has 0 bridgehead atoms. The zero-order valence-corrected chi connectivity index (χ0v) is 15.6. The molecular weight excluding hydrogens is 332 g/mol. The molecule has 0 saturated carbocycles. The standard InChI is InChI=1S/C19H28N4O3/c1-14-5-6-16(10-20-14)18(24)22-9-7-17(12-22)21-19(25)23-8-3-4-15(11-23)13-26-2/h5-6,10,15,17H,3-4,7-9,11-13H2,1-2H3,(H,21,25). The van der Waals surface area contributed by atoms with E-state index in [2.05, 4.69) is 10.3 Å². The van der Waals surface area contributed by atoms with Crippen molar-refractivity contribution in [3.05, 3.63) is 29.6 Å². The van der Waals surface area contributed by atoms with Crippen molar-refractivity contribution in [2.75, 3.05) is 39.9 Å². The van der Waals surface area contributed by atoms with Crippen LogP contribution in [0.4, 0.5) is 4.79 Å². The molecule has 2 saturated heterocycles. The van der Waals surface area contributed by atoms with Gasteiger partial charge in [-0.1, -0.05) is 0 Å². The minimum Gasteiger partial charge on any atom is -0.384 e. The molecule has 3 heterocycles. The Labute approximate surface area is 154 Å². The first-order valence-electron chi connectivity index (χ1n) is 9.33. The van der Waals surface area contributed by atoms with Gasteiger partial charge in [0.25, 0.3) is 5.91 Å². The predicted octanol–water partition coefficient (Wildman–Crippen LogP) is 1.67. The van der Waals surface area contributed by atoms with Gasteiger partial charge >= 0.3 is 6.03 Å². The van der Waals surface area contributed by atoms with Gasteiger partial charge in [-0.3, -0.25) is 9.78 Å². The van der Waals surface area contributed by atoms with E-state index in [4.69, 9.17) is 4.74 Å². The van der Waals surface area contributed by atoms with Gasteiger partial charge in [-0.2, -0.15) is 0 Å². The van der Waals surface area contributed by atoms with Crippen LogP contribution in [0.2, 0.25) is 0 Å². The fourth-order valence-electron chi connectivity index (χ4n) is 3.73. The molecule has 3 amide bonds. The largest absolute Gasteiger partial charge is 0.384 e. The summed E-state index contributed by atoms with van der Waals surface area (Å²) in [6.45, 7) is 5.33. The number of pyridine rings is 1. The van der Waals surface area contributed by atoms with Crippen LogP contribution in [0.3, 0.4) is 0 Å². The van der Waals surface area contributed by atoms with Gasteiger partial charge in [-0.25, -0.2) is 4.79 Å². The van der Waals surface area contributed by atoms with E-state index in [1.54, 1.807) is 24.3 Å². The van der Waals surface area contributed by atoms with Crippen LogP contribution >= 0.6 is 0 Å². The number of rotatable bonds is 4. The summed E-state index contributed by atoms with van der Waals surface area (Å²) in [5, 5.41) is 3.09. The van der Waals surface area contributed by atoms with E-state index in [-0.39, 0.29) is 18.0 Å². The summed E-state index contributed by atoms with van der Waals surface area (Å²) >= 11 is 0. The number of carbonyl (C=O) groups is 2. The molecule has 1 N–H and O–H groups in total. The number of amides is 3. The average molecular weight is 360 g/mol. The van der Waals surface area contributed by atoms with Crippen molar-refractivity contribution in [3.8, 4) is 0 Å². The number of hydrogen-bond donors (Lipinski definition) is 1. The molecule has 7 nitrogen and oxygen atoms in total. The molecule has 0 aliphatic carbocycles. The van der Waals surface area contributed by atoms with E-state index >= 15 is 0 Å². The molecule has 26 heavy (non-hydrogen) atoms. The minimum atomic E-state index is -0.0258. The highest BCUT2D eigenvalue weighted by Gasteiger charge is 2.30. The molecule has 2 atom stereocenters. The van der Waals surface area contributed by atoms with Gasteiger partial charge in [0.15, 0.2) is 0 Å². The van der Waals surface area contributed by atoms with Crippen molar-refractivity contribution in [2.45, 2.75) is 32.2 Å². The smallest absolute Gasteiger partial charge is 0.317 e. The molecule has 3 rings (SSSR count). The molecular formula is C19H28N4O3. The zero-order chi connectivity index (χ0) is 18.5. The van der Waals surface area contributed by atoms with Gasteiger partial charge in [0, 0.05) is 57.1 Å². The molecule has 1 aromatic rings. The molecule has 7 heteroatoms. The van der Waals surface area contributed by atoms with Crippen LogP contribution in [0, 0.1) is 12.8 Å². The Morgan fingerprint density at radius 2 is 2.08 bits per heavy atom. The third-order valence-corrected chi connectivity index (χ3v) is 5.17. The van der Waals surface area contributed by atoms with Gasteiger partial charge in [-0.15, -0.1) is 0 Å². The Morgan fingerprint density at radius 3 is 2.81 bits per heavy atom. The Hall–Kier alpha value is -2.15. The van der Waals surface area contributed by atoms with Crippen LogP contribution in [0.1, 0.15) is 35.3 Å². The van der Waals surface area contributed by atoms with Crippen molar-refractivity contribution < 1.29 is 14.3 Å². The van der Waals surface area contributed by atoms with Gasteiger partial charge in [0.1, 0.15) is 0 Å². The first-order chi connectivity index (χ1) is 12.6. The van der Waals surface area contributed by atoms with Crippen LogP contribution in [-0.4, -0.2) is 72.7 Å². The van der Waals surface area contributed by atoms with Crippen molar-refractivity contribution in [2.24, 2.45) is 5.92 Å². The SMILES string of the molecule is COCC1CCCN(C(=O)NC2CCN(C(=O)c3ccc(C)nc3)C2)C1. The number of aryl methyl sites for hydroxylation is 1. The molecule has 0 radical (unpaired) electrons. The lowest BCUT2D eigenvalue weighted by Gasteiger charge is -2.33. The highest BCUT2D eigenvalue weighted by atomic mass is 16.5. The van der Waals surface area contributed by atoms with E-state index in [0.29, 0.717) is 31.2 Å². The van der Waals surface area contributed by atoms with Crippen molar-refractivity contribution in [1.29, 1.82) is 0 Å². The lowest BCUT2D eigenvalue weighted by atomic mass is 9.99. The first kappa shape index (κ1) is 18.6. The number of methoxy groups -OCH3 is 1. The second kappa shape index (κ2) is 8.49. The number of aromatic nitrogens is 1. The first-order valence-corrected chi connectivity index (χ1v) is 9.33. The maximum absolute atomic E-state index is 12.6. The summed E-state index contributed by atoms with van der Waals surface area (Å²) in [5.41, 5.74) is 1.49. The van der Waals surface area contributed by atoms with Crippen LogP contribution in [0.5, 0.6) is 0 Å². The molecule has 2 aliphatic heterocycles. The van der Waals surface area contributed by atoms with Crippen LogP contribution in [0.15, 0.2) is 18.3 Å². The molecule has 2 aliphatic rings. The summed E-state index contributed by atoms with van der Waals surface area (Å²) in [5.74, 6) is 0.391. The van der Waals surface area contributed by atoms with Gasteiger partial charge < -0.3 is 19.9 Å². The normalized spacial score (nSPS) is 23.2. The second-order valence-electron chi connectivity index (χ2n) is 7.28. The number of likely N-dealkylation sites (tertiary alicyclic amines) is 2. The number of nitrogens with one attached hydrogen (secondary N) is 1. The highest BCUT2D eigenvalue weighted by molar-refractivity contribution is 5.94. The van der Waals surface area contributed by atoms with E-state index < -0.39 is 0 Å². The summed E-state index contributed by atoms with van der Waals surface area (Å²) in [6, 6.07) is 3.63. The fraction of sp³-hybridized carbons (Fsp3) is 0.632. The molecule has 0 spiro atoms. The Bertz CT molecular complexity index is 632. The number of urea groups is 1. The lowest BCUT2D eigenvalue weighted by Crippen LogP contribution is -2.50. The maximum atomic E-state index is 12.6. The molecule has 142 valence electrons. The van der Waals surface area contributed by atoms with Crippen molar-refractivity contribution in [1.82, 2.24) is 20.1 Å². The van der Waals surface area contributed by atoms with Crippen molar-refractivity contribution in [3.63, 3.8) is 0 Å². The number of carbonyl (C=O) groups excluding carboxylic acids is 2. The number of hydrogen-bond acceptors (Lipinski definition) is 4. The molecule has 2 unspecified atom stereocenters. The monoisotopic (exact) mass is 360 g/mol. The van der Waals surface area contributed by atoms with Gasteiger partial charge in [0.2, 0.25) is 0 Å². The molecule has 0 aromatic carbocycles. The summed E-state index contributed by atoms with van der Waals surface area (Å²) in [4.78, 5) is 33.0. The summed E-state index contributed by atoms with van der Waals surface area (Å²) in [7, 11) is 1.70. The zero-order valence-electron chi connectivity index (χ0n) is 15.6. The number of ether oxygens (including phenoxy) is 1.